The number of carbonyl (C=O) groups is 1. The molecule has 3 heterocycles. The number of halogens is 1. The first-order valence-corrected chi connectivity index (χ1v) is 9.96. The van der Waals surface area contributed by atoms with Crippen LogP contribution in [-0.4, -0.2) is 35.7 Å². The Morgan fingerprint density at radius 3 is 2.80 bits per heavy atom. The minimum absolute atomic E-state index is 0.0111. The number of hydrogen-bond acceptors (Lipinski definition) is 7. The number of tetrazole rings is 1. The van der Waals surface area contributed by atoms with E-state index >= 15 is 0 Å². The molecule has 3 aromatic heterocycles. The Labute approximate surface area is 174 Å². The molecule has 4 aromatic rings. The summed E-state index contributed by atoms with van der Waals surface area (Å²) in [6.45, 7) is 5.67. The summed E-state index contributed by atoms with van der Waals surface area (Å²) in [6.07, 6.45) is 1.43. The van der Waals surface area contributed by atoms with Crippen LogP contribution in [0.5, 0.6) is 0 Å². The molecule has 154 valence electrons. The summed E-state index contributed by atoms with van der Waals surface area (Å²) in [5.74, 6) is -0.479. The molecule has 9 nitrogen and oxygen atoms in total. The van der Waals surface area contributed by atoms with Crippen LogP contribution >= 0.6 is 11.3 Å². The van der Waals surface area contributed by atoms with Crippen LogP contribution in [0.1, 0.15) is 22.7 Å². The molecule has 0 radical (unpaired) electrons. The third-order valence-corrected chi connectivity index (χ3v) is 5.94. The lowest BCUT2D eigenvalue weighted by Gasteiger charge is -2.10. The SMILES string of the molecule is Cc1sc2ncn(CCC(=O)Nc3cc(-n4nnnc4C)ccc3F)c(=O)c2c1C. The lowest BCUT2D eigenvalue weighted by atomic mass is 10.2. The highest BCUT2D eigenvalue weighted by molar-refractivity contribution is 7.18. The van der Waals surface area contributed by atoms with Crippen molar-refractivity contribution >= 4 is 33.1 Å². The number of benzene rings is 1. The molecule has 0 unspecified atom stereocenters. The highest BCUT2D eigenvalue weighted by Crippen LogP contribution is 2.25. The van der Waals surface area contributed by atoms with E-state index < -0.39 is 11.7 Å². The van der Waals surface area contributed by atoms with Gasteiger partial charge in [0.25, 0.3) is 5.56 Å². The van der Waals surface area contributed by atoms with E-state index in [9.17, 15) is 14.0 Å². The molecule has 0 fully saturated rings. The van der Waals surface area contributed by atoms with Crippen LogP contribution in [0.3, 0.4) is 0 Å². The van der Waals surface area contributed by atoms with Gasteiger partial charge in [0.05, 0.1) is 23.1 Å². The molecule has 0 spiro atoms. The van der Waals surface area contributed by atoms with Crippen molar-refractivity contribution in [3.63, 3.8) is 0 Å². The van der Waals surface area contributed by atoms with E-state index in [0.29, 0.717) is 21.7 Å². The minimum Gasteiger partial charge on any atom is -0.323 e. The number of aromatic nitrogens is 6. The Morgan fingerprint density at radius 2 is 2.07 bits per heavy atom. The molecule has 0 bridgehead atoms. The molecular formula is C19H18FN7O2S. The Hall–Kier alpha value is -3.47. The van der Waals surface area contributed by atoms with Crippen molar-refractivity contribution in [2.24, 2.45) is 0 Å². The van der Waals surface area contributed by atoms with Crippen molar-refractivity contribution in [3.8, 4) is 5.69 Å². The average Bonchev–Trinajstić information content (AvgIpc) is 3.26. The van der Waals surface area contributed by atoms with Crippen molar-refractivity contribution in [1.82, 2.24) is 29.8 Å². The smallest absolute Gasteiger partial charge is 0.262 e. The predicted molar refractivity (Wildman–Crippen MR) is 110 cm³/mol. The van der Waals surface area contributed by atoms with Crippen molar-refractivity contribution in [3.05, 3.63) is 57.0 Å². The molecule has 4 rings (SSSR count). The topological polar surface area (TPSA) is 108 Å². The summed E-state index contributed by atoms with van der Waals surface area (Å²) < 4.78 is 17.0. The van der Waals surface area contributed by atoms with Crippen molar-refractivity contribution in [2.75, 3.05) is 5.32 Å². The lowest BCUT2D eigenvalue weighted by Crippen LogP contribution is -2.23. The number of thiophene rings is 1. The molecular weight excluding hydrogens is 409 g/mol. The lowest BCUT2D eigenvalue weighted by molar-refractivity contribution is -0.116. The number of nitrogens with one attached hydrogen (secondary N) is 1. The third-order valence-electron chi connectivity index (χ3n) is 4.83. The van der Waals surface area contributed by atoms with Gasteiger partial charge in [-0.05, 0) is 55.0 Å². The number of nitrogens with zero attached hydrogens (tertiary/aromatic N) is 6. The molecule has 0 saturated heterocycles. The second-order valence-electron chi connectivity index (χ2n) is 6.81. The van der Waals surface area contributed by atoms with Gasteiger partial charge >= 0.3 is 0 Å². The van der Waals surface area contributed by atoms with Crippen molar-refractivity contribution in [1.29, 1.82) is 0 Å². The monoisotopic (exact) mass is 427 g/mol. The molecule has 0 aliphatic heterocycles. The van der Waals surface area contributed by atoms with Crippen LogP contribution in [0.25, 0.3) is 15.9 Å². The predicted octanol–water partition coefficient (Wildman–Crippen LogP) is 2.53. The molecule has 0 aliphatic rings. The van der Waals surface area contributed by atoms with Gasteiger partial charge in [0.2, 0.25) is 5.91 Å². The summed E-state index contributed by atoms with van der Waals surface area (Å²) in [5, 5.41) is 14.3. The Kier molecular flexibility index (Phi) is 5.12. The van der Waals surface area contributed by atoms with Gasteiger partial charge in [-0.1, -0.05) is 0 Å². The largest absolute Gasteiger partial charge is 0.323 e. The number of carbonyl (C=O) groups excluding carboxylic acids is 1. The number of aryl methyl sites for hydroxylation is 4. The van der Waals surface area contributed by atoms with Gasteiger partial charge in [-0.25, -0.2) is 9.37 Å². The van der Waals surface area contributed by atoms with Gasteiger partial charge in [-0.2, -0.15) is 4.68 Å². The molecule has 0 atom stereocenters. The van der Waals surface area contributed by atoms with Crippen LogP contribution < -0.4 is 10.9 Å². The molecule has 1 N–H and O–H groups in total. The normalized spacial score (nSPS) is 11.2. The number of anilines is 1. The van der Waals surface area contributed by atoms with E-state index in [1.54, 1.807) is 6.92 Å². The highest BCUT2D eigenvalue weighted by atomic mass is 32.1. The van der Waals surface area contributed by atoms with Gasteiger partial charge in [-0.3, -0.25) is 14.2 Å². The minimum atomic E-state index is -0.581. The van der Waals surface area contributed by atoms with Crippen LogP contribution in [-0.2, 0) is 11.3 Å². The van der Waals surface area contributed by atoms with E-state index in [2.05, 4.69) is 25.8 Å². The second kappa shape index (κ2) is 7.75. The average molecular weight is 427 g/mol. The number of hydrogen-bond donors (Lipinski definition) is 1. The summed E-state index contributed by atoms with van der Waals surface area (Å²) in [7, 11) is 0. The first-order chi connectivity index (χ1) is 14.3. The molecule has 11 heteroatoms. The summed E-state index contributed by atoms with van der Waals surface area (Å²) in [5.41, 5.74) is 1.25. The van der Waals surface area contributed by atoms with Crippen LogP contribution in [0.2, 0.25) is 0 Å². The molecule has 0 saturated carbocycles. The van der Waals surface area contributed by atoms with E-state index in [1.807, 2.05) is 13.8 Å². The van der Waals surface area contributed by atoms with E-state index in [0.717, 1.165) is 10.4 Å². The first-order valence-electron chi connectivity index (χ1n) is 9.15. The zero-order valence-corrected chi connectivity index (χ0v) is 17.3. The molecule has 30 heavy (non-hydrogen) atoms. The second-order valence-corrected chi connectivity index (χ2v) is 8.01. The molecule has 1 aromatic carbocycles. The van der Waals surface area contributed by atoms with Gasteiger partial charge < -0.3 is 5.32 Å². The number of fused-ring (bicyclic) bond motifs is 1. The van der Waals surface area contributed by atoms with E-state index in [4.69, 9.17) is 0 Å². The Bertz CT molecular complexity index is 1320. The molecule has 0 aliphatic carbocycles. The zero-order valence-electron chi connectivity index (χ0n) is 16.5. The maximum atomic E-state index is 14.2. The summed E-state index contributed by atoms with van der Waals surface area (Å²) in [6, 6.07) is 4.20. The summed E-state index contributed by atoms with van der Waals surface area (Å²) in [4.78, 5) is 31.1. The zero-order chi connectivity index (χ0) is 21.4. The van der Waals surface area contributed by atoms with Crippen LogP contribution in [0, 0.1) is 26.6 Å². The summed E-state index contributed by atoms with van der Waals surface area (Å²) >= 11 is 1.47. The standard InChI is InChI=1S/C19H18FN7O2S/c1-10-11(2)30-18-17(10)19(29)26(9-21-18)7-6-16(28)22-15-8-13(4-5-14(15)20)27-12(3)23-24-25-27/h4-5,8-9H,6-7H2,1-3H3,(H,22,28). The Morgan fingerprint density at radius 1 is 1.27 bits per heavy atom. The van der Waals surface area contributed by atoms with Crippen LogP contribution in [0.4, 0.5) is 10.1 Å². The fraction of sp³-hybridized carbons (Fsp3) is 0.263. The fourth-order valence-electron chi connectivity index (χ4n) is 3.08. The van der Waals surface area contributed by atoms with Gasteiger partial charge in [0.1, 0.15) is 10.6 Å². The van der Waals surface area contributed by atoms with E-state index in [1.165, 1.54) is 45.1 Å². The van der Waals surface area contributed by atoms with Gasteiger partial charge in [0, 0.05) is 17.8 Å². The van der Waals surface area contributed by atoms with Gasteiger partial charge in [-0.15, -0.1) is 16.4 Å². The first kappa shape index (κ1) is 19.8. The number of rotatable bonds is 5. The third kappa shape index (κ3) is 3.59. The van der Waals surface area contributed by atoms with E-state index in [-0.39, 0.29) is 24.2 Å². The maximum Gasteiger partial charge on any atom is 0.262 e. The highest BCUT2D eigenvalue weighted by Gasteiger charge is 2.14. The van der Waals surface area contributed by atoms with Gasteiger partial charge in [0.15, 0.2) is 5.82 Å². The quantitative estimate of drug-likeness (QED) is 0.524. The van der Waals surface area contributed by atoms with Crippen LogP contribution in [0.15, 0.2) is 29.3 Å². The molecule has 1 amide bonds. The number of amides is 1. The van der Waals surface area contributed by atoms with Crippen molar-refractivity contribution in [2.45, 2.75) is 33.7 Å². The maximum absolute atomic E-state index is 14.2. The fourth-order valence-corrected chi connectivity index (χ4v) is 4.06. The van der Waals surface area contributed by atoms with Crippen molar-refractivity contribution < 1.29 is 9.18 Å². The Balaban J connectivity index is 1.50.